The van der Waals surface area contributed by atoms with Gasteiger partial charge in [0.15, 0.2) is 5.11 Å². The van der Waals surface area contributed by atoms with Gasteiger partial charge in [0.25, 0.3) is 0 Å². The summed E-state index contributed by atoms with van der Waals surface area (Å²) in [5, 5.41) is 4.24. The summed E-state index contributed by atoms with van der Waals surface area (Å²) >= 11 is 5.80. The maximum Gasteiger partial charge on any atom is 0.174 e. The van der Waals surface area contributed by atoms with Gasteiger partial charge in [0.2, 0.25) is 0 Å². The van der Waals surface area contributed by atoms with Crippen LogP contribution in [-0.2, 0) is 11.8 Å². The van der Waals surface area contributed by atoms with E-state index >= 15 is 0 Å². The number of aryl methyl sites for hydroxylation is 1. The van der Waals surface area contributed by atoms with Gasteiger partial charge in [-0.05, 0) is 60.7 Å². The summed E-state index contributed by atoms with van der Waals surface area (Å²) in [6.07, 6.45) is 3.91. The van der Waals surface area contributed by atoms with E-state index in [1.165, 1.54) is 11.4 Å². The summed E-state index contributed by atoms with van der Waals surface area (Å²) in [4.78, 5) is 9.19. The molecule has 1 aromatic carbocycles. The highest BCUT2D eigenvalue weighted by atomic mass is 32.1. The molecule has 154 valence electrons. The van der Waals surface area contributed by atoms with Crippen LogP contribution in [0.15, 0.2) is 67.0 Å². The van der Waals surface area contributed by atoms with Crippen LogP contribution in [-0.4, -0.2) is 41.0 Å². The van der Waals surface area contributed by atoms with Crippen molar-refractivity contribution in [1.29, 1.82) is 0 Å². The fraction of sp³-hybridized carbons (Fsp3) is 0.304. The number of rotatable bonds is 4. The van der Waals surface area contributed by atoms with E-state index in [4.69, 9.17) is 17.0 Å². The van der Waals surface area contributed by atoms with Crippen LogP contribution >= 0.6 is 12.2 Å². The first-order valence-corrected chi connectivity index (χ1v) is 10.7. The van der Waals surface area contributed by atoms with Gasteiger partial charge in [0.05, 0.1) is 24.9 Å². The Balaban J connectivity index is 1.51. The molecule has 0 saturated carbocycles. The molecule has 2 aliphatic heterocycles. The molecule has 0 bridgehead atoms. The van der Waals surface area contributed by atoms with Crippen molar-refractivity contribution >= 4 is 28.7 Å². The number of nitrogens with one attached hydrogen (secondary N) is 1. The summed E-state index contributed by atoms with van der Waals surface area (Å²) in [6.45, 7) is 3.42. The lowest BCUT2D eigenvalue weighted by Crippen LogP contribution is -2.36. The summed E-state index contributed by atoms with van der Waals surface area (Å²) in [7, 11) is 2.08. The highest BCUT2D eigenvalue weighted by molar-refractivity contribution is 7.80. The van der Waals surface area contributed by atoms with Crippen molar-refractivity contribution in [3.8, 4) is 0 Å². The van der Waals surface area contributed by atoms with E-state index in [0.717, 1.165) is 42.8 Å². The molecule has 2 atom stereocenters. The summed E-state index contributed by atoms with van der Waals surface area (Å²) in [6, 6.07) is 18.9. The zero-order valence-corrected chi connectivity index (χ0v) is 17.8. The molecule has 0 aliphatic carbocycles. The minimum absolute atomic E-state index is 0.0154. The Labute approximate surface area is 182 Å². The molecule has 1 N–H and O–H groups in total. The predicted octanol–water partition coefficient (Wildman–Crippen LogP) is 3.43. The van der Waals surface area contributed by atoms with Crippen molar-refractivity contribution in [1.82, 2.24) is 14.9 Å². The molecule has 3 aromatic rings. The van der Waals surface area contributed by atoms with Crippen molar-refractivity contribution in [2.45, 2.75) is 12.1 Å². The van der Waals surface area contributed by atoms with Crippen molar-refractivity contribution < 1.29 is 4.74 Å². The third-order valence-corrected chi connectivity index (χ3v) is 6.20. The predicted molar refractivity (Wildman–Crippen MR) is 123 cm³/mol. The van der Waals surface area contributed by atoms with Crippen LogP contribution in [0.1, 0.15) is 23.5 Å². The van der Waals surface area contributed by atoms with Gasteiger partial charge in [-0.1, -0.05) is 6.07 Å². The molecule has 0 radical (unpaired) electrons. The number of thiocarbonyl (C=S) groups is 1. The van der Waals surface area contributed by atoms with E-state index in [1.54, 1.807) is 0 Å². The van der Waals surface area contributed by atoms with E-state index in [1.807, 2.05) is 18.3 Å². The second kappa shape index (κ2) is 8.08. The largest absolute Gasteiger partial charge is 0.378 e. The molecule has 4 heterocycles. The Morgan fingerprint density at radius 2 is 1.77 bits per heavy atom. The van der Waals surface area contributed by atoms with Gasteiger partial charge < -0.3 is 24.4 Å². The maximum atomic E-state index is 5.80. The second-order valence-electron chi connectivity index (χ2n) is 7.66. The third-order valence-electron chi connectivity index (χ3n) is 5.89. The first-order valence-electron chi connectivity index (χ1n) is 10.3. The molecule has 2 aliphatic rings. The Bertz CT molecular complexity index is 1010. The molecule has 5 rings (SSSR count). The van der Waals surface area contributed by atoms with Crippen LogP contribution < -0.4 is 15.1 Å². The van der Waals surface area contributed by atoms with Gasteiger partial charge in [-0.3, -0.25) is 4.98 Å². The molecule has 30 heavy (non-hydrogen) atoms. The van der Waals surface area contributed by atoms with E-state index in [-0.39, 0.29) is 12.1 Å². The highest BCUT2D eigenvalue weighted by Gasteiger charge is 2.41. The Hall–Kier alpha value is -2.90. The molecule has 0 unspecified atom stereocenters. The van der Waals surface area contributed by atoms with Crippen LogP contribution in [0.3, 0.4) is 0 Å². The monoisotopic (exact) mass is 419 g/mol. The standard InChI is InChI=1S/C23H25N5OS/c1-26-12-4-6-20(26)22-21(19-5-2-3-11-24-19)25-23(30)28(22)18-9-7-17(8-10-18)27-13-15-29-16-14-27/h2-12,21-22H,13-16H2,1H3,(H,25,30)/t21-,22+/m0/s1. The zero-order valence-electron chi connectivity index (χ0n) is 16.9. The van der Waals surface area contributed by atoms with E-state index < -0.39 is 0 Å². The van der Waals surface area contributed by atoms with Crippen LogP contribution in [0.2, 0.25) is 0 Å². The summed E-state index contributed by atoms with van der Waals surface area (Å²) in [5.41, 5.74) is 4.47. The van der Waals surface area contributed by atoms with Gasteiger partial charge in [-0.2, -0.15) is 0 Å². The van der Waals surface area contributed by atoms with Crippen LogP contribution in [0.5, 0.6) is 0 Å². The number of benzene rings is 1. The van der Waals surface area contributed by atoms with Crippen molar-refractivity contribution in [3.63, 3.8) is 0 Å². The number of hydrogen-bond acceptors (Lipinski definition) is 4. The molecule has 0 spiro atoms. The van der Waals surface area contributed by atoms with Crippen LogP contribution in [0.4, 0.5) is 11.4 Å². The van der Waals surface area contributed by atoms with E-state index in [9.17, 15) is 0 Å². The van der Waals surface area contributed by atoms with Crippen molar-refractivity contribution in [2.24, 2.45) is 7.05 Å². The quantitative estimate of drug-likeness (QED) is 0.654. The van der Waals surface area contributed by atoms with Crippen LogP contribution in [0, 0.1) is 0 Å². The maximum absolute atomic E-state index is 5.80. The molecule has 2 aromatic heterocycles. The van der Waals surface area contributed by atoms with E-state index in [0.29, 0.717) is 0 Å². The van der Waals surface area contributed by atoms with Gasteiger partial charge in [0.1, 0.15) is 6.04 Å². The average molecular weight is 420 g/mol. The second-order valence-corrected chi connectivity index (χ2v) is 8.04. The van der Waals surface area contributed by atoms with Gasteiger partial charge in [-0.25, -0.2) is 0 Å². The molecule has 2 saturated heterocycles. The fourth-order valence-corrected chi connectivity index (χ4v) is 4.71. The minimum Gasteiger partial charge on any atom is -0.378 e. The number of morpholine rings is 1. The normalized spacial score (nSPS) is 21.7. The Morgan fingerprint density at radius 3 is 2.43 bits per heavy atom. The molecular weight excluding hydrogens is 394 g/mol. The molecular formula is C23H25N5OS. The molecule has 2 fully saturated rings. The number of ether oxygens (including phenoxy) is 1. The van der Waals surface area contributed by atoms with E-state index in [2.05, 4.69) is 80.4 Å². The topological polar surface area (TPSA) is 45.6 Å². The summed E-state index contributed by atoms with van der Waals surface area (Å²) < 4.78 is 7.64. The van der Waals surface area contributed by atoms with Crippen molar-refractivity contribution in [2.75, 3.05) is 36.1 Å². The number of pyridine rings is 1. The smallest absolute Gasteiger partial charge is 0.174 e. The zero-order chi connectivity index (χ0) is 20.5. The summed E-state index contributed by atoms with van der Waals surface area (Å²) in [5.74, 6) is 0. The lowest BCUT2D eigenvalue weighted by atomic mass is 10.0. The van der Waals surface area contributed by atoms with Gasteiger partial charge in [-0.15, -0.1) is 0 Å². The number of aromatic nitrogens is 2. The number of anilines is 2. The van der Waals surface area contributed by atoms with Gasteiger partial charge in [0, 0.05) is 49.6 Å². The number of hydrogen-bond donors (Lipinski definition) is 1. The molecule has 6 nitrogen and oxygen atoms in total. The lowest BCUT2D eigenvalue weighted by molar-refractivity contribution is 0.122. The average Bonchev–Trinajstić information content (AvgIpc) is 3.37. The highest BCUT2D eigenvalue weighted by Crippen LogP contribution is 2.41. The fourth-order valence-electron chi connectivity index (χ4n) is 4.36. The molecule has 7 heteroatoms. The minimum atomic E-state index is -0.0220. The van der Waals surface area contributed by atoms with Crippen LogP contribution in [0.25, 0.3) is 0 Å². The van der Waals surface area contributed by atoms with Crippen molar-refractivity contribution in [3.05, 3.63) is 78.4 Å². The Morgan fingerprint density at radius 1 is 1.00 bits per heavy atom. The molecule has 0 amide bonds. The first-order chi connectivity index (χ1) is 14.7. The number of nitrogens with zero attached hydrogens (tertiary/aromatic N) is 4. The SMILES string of the molecule is Cn1cccc1[C@@H]1[C@H](c2ccccn2)NC(=S)N1c1ccc(N2CCOCC2)cc1. The lowest BCUT2D eigenvalue weighted by Gasteiger charge is -2.31. The van der Waals surface area contributed by atoms with Gasteiger partial charge >= 0.3 is 0 Å². The Kier molecular flexibility index (Phi) is 5.14. The third kappa shape index (κ3) is 3.44. The first kappa shape index (κ1) is 19.1.